The van der Waals surface area contributed by atoms with Crippen molar-refractivity contribution in [2.24, 2.45) is 4.99 Å². The van der Waals surface area contributed by atoms with Crippen molar-refractivity contribution >= 4 is 27.4 Å². The molecule has 4 nitrogen and oxygen atoms in total. The maximum atomic E-state index is 12.2. The summed E-state index contributed by atoms with van der Waals surface area (Å²) in [6.07, 6.45) is 4.26. The molecule has 2 aromatic carbocycles. The number of nitrogens with zero attached hydrogens (tertiary/aromatic N) is 3. The van der Waals surface area contributed by atoms with Gasteiger partial charge in [0.15, 0.2) is 5.78 Å². The minimum atomic E-state index is -0.180. The average molecular weight is 434 g/mol. The molecule has 1 fully saturated rings. The van der Waals surface area contributed by atoms with Crippen molar-refractivity contribution in [2.45, 2.75) is 38.6 Å². The van der Waals surface area contributed by atoms with Gasteiger partial charge in [0.25, 0.3) is 0 Å². The molecule has 5 rings (SSSR count). The molecule has 0 unspecified atom stereocenters. The number of imidazole rings is 1. The van der Waals surface area contributed by atoms with E-state index in [1.807, 2.05) is 29.7 Å². The molecular formula is C23H20BrN3O. The number of aliphatic imine (C=N–C) groups is 1. The highest BCUT2D eigenvalue weighted by atomic mass is 79.9. The average Bonchev–Trinajstić information content (AvgIpc) is 3.45. The number of fused-ring (bicyclic) bond motifs is 3. The molecule has 0 saturated heterocycles. The van der Waals surface area contributed by atoms with Gasteiger partial charge in [-0.3, -0.25) is 14.4 Å². The normalized spacial score (nSPS) is 18.1. The van der Waals surface area contributed by atoms with Crippen LogP contribution in [0.4, 0.5) is 0 Å². The molecule has 5 heteroatoms. The van der Waals surface area contributed by atoms with E-state index in [4.69, 9.17) is 4.99 Å². The Kier molecular flexibility index (Phi) is 4.09. The zero-order valence-electron chi connectivity index (χ0n) is 15.8. The summed E-state index contributed by atoms with van der Waals surface area (Å²) in [6, 6.07) is 14.6. The number of carbonyl (C=O) groups is 1. The first-order valence-electron chi connectivity index (χ1n) is 9.60. The number of rotatable bonds is 3. The molecule has 1 atom stereocenters. The van der Waals surface area contributed by atoms with Crippen molar-refractivity contribution in [3.05, 3.63) is 81.3 Å². The summed E-state index contributed by atoms with van der Waals surface area (Å²) in [7, 11) is 0. The summed E-state index contributed by atoms with van der Waals surface area (Å²) in [6.45, 7) is 3.60. The molecule has 1 saturated carbocycles. The third-order valence-electron chi connectivity index (χ3n) is 5.57. The Hall–Kier alpha value is -2.53. The molecule has 2 aliphatic rings. The molecule has 140 valence electrons. The first-order chi connectivity index (χ1) is 13.5. The van der Waals surface area contributed by atoms with Gasteiger partial charge in [0.05, 0.1) is 23.1 Å². The SMILES string of the molecule is CC(=O)c1ncn2c1[C@H](C)N=C(c1ccccc1Br)c1cc(C3CC3)ccc1-2. The smallest absolute Gasteiger partial charge is 0.180 e. The van der Waals surface area contributed by atoms with Crippen LogP contribution in [0.3, 0.4) is 0 Å². The Labute approximate surface area is 172 Å². The third kappa shape index (κ3) is 2.76. The number of aromatic nitrogens is 2. The van der Waals surface area contributed by atoms with Crippen LogP contribution in [0, 0.1) is 0 Å². The summed E-state index contributed by atoms with van der Waals surface area (Å²) in [4.78, 5) is 21.7. The number of benzene rings is 2. The van der Waals surface area contributed by atoms with Crippen LogP contribution in [0.1, 0.15) is 71.5 Å². The van der Waals surface area contributed by atoms with Gasteiger partial charge >= 0.3 is 0 Å². The lowest BCUT2D eigenvalue weighted by atomic mass is 9.97. The Balaban J connectivity index is 1.81. The van der Waals surface area contributed by atoms with Gasteiger partial charge in [-0.2, -0.15) is 0 Å². The molecule has 0 amide bonds. The summed E-state index contributed by atoms with van der Waals surface area (Å²) >= 11 is 3.70. The monoisotopic (exact) mass is 433 g/mol. The van der Waals surface area contributed by atoms with E-state index in [9.17, 15) is 4.79 Å². The fourth-order valence-electron chi connectivity index (χ4n) is 4.04. The number of hydrogen-bond acceptors (Lipinski definition) is 3. The predicted octanol–water partition coefficient (Wildman–Crippen LogP) is 5.63. The predicted molar refractivity (Wildman–Crippen MR) is 114 cm³/mol. The summed E-state index contributed by atoms with van der Waals surface area (Å²) in [5.74, 6) is 0.623. The summed E-state index contributed by atoms with van der Waals surface area (Å²) in [5.41, 5.74) is 6.85. The van der Waals surface area contributed by atoms with Crippen LogP contribution in [0.15, 0.2) is 58.3 Å². The van der Waals surface area contributed by atoms with Gasteiger partial charge < -0.3 is 0 Å². The van der Waals surface area contributed by atoms with Crippen molar-refractivity contribution in [2.75, 3.05) is 0 Å². The van der Waals surface area contributed by atoms with E-state index in [1.165, 1.54) is 18.4 Å². The molecule has 0 radical (unpaired) electrons. The van der Waals surface area contributed by atoms with Crippen molar-refractivity contribution in [1.29, 1.82) is 0 Å². The van der Waals surface area contributed by atoms with E-state index < -0.39 is 0 Å². The van der Waals surface area contributed by atoms with Crippen molar-refractivity contribution in [1.82, 2.24) is 9.55 Å². The number of Topliss-reactive ketones (excluding diaryl/α,β-unsaturated/α-hetero) is 1. The molecule has 3 aromatic rings. The van der Waals surface area contributed by atoms with Crippen LogP contribution in [0.2, 0.25) is 0 Å². The molecule has 0 N–H and O–H groups in total. The highest BCUT2D eigenvalue weighted by Gasteiger charge is 2.30. The van der Waals surface area contributed by atoms with Crippen LogP contribution in [-0.4, -0.2) is 21.0 Å². The molecular weight excluding hydrogens is 414 g/mol. The van der Waals surface area contributed by atoms with Crippen LogP contribution in [0.25, 0.3) is 5.69 Å². The van der Waals surface area contributed by atoms with E-state index in [-0.39, 0.29) is 11.8 Å². The molecule has 1 aliphatic heterocycles. The van der Waals surface area contributed by atoms with Gasteiger partial charge in [0.1, 0.15) is 12.0 Å². The maximum absolute atomic E-state index is 12.2. The lowest BCUT2D eigenvalue weighted by molar-refractivity contribution is 0.101. The molecule has 1 aliphatic carbocycles. The largest absolute Gasteiger partial charge is 0.300 e. The molecule has 0 spiro atoms. The highest BCUT2D eigenvalue weighted by Crippen LogP contribution is 2.42. The van der Waals surface area contributed by atoms with Crippen molar-refractivity contribution in [3.63, 3.8) is 0 Å². The summed E-state index contributed by atoms with van der Waals surface area (Å²) in [5, 5.41) is 0. The first kappa shape index (κ1) is 17.6. The Morgan fingerprint density at radius 2 is 1.93 bits per heavy atom. The van der Waals surface area contributed by atoms with Gasteiger partial charge in [-0.05, 0) is 49.4 Å². The lowest BCUT2D eigenvalue weighted by Crippen LogP contribution is -2.08. The van der Waals surface area contributed by atoms with E-state index >= 15 is 0 Å². The van der Waals surface area contributed by atoms with Crippen LogP contribution in [0.5, 0.6) is 0 Å². The summed E-state index contributed by atoms with van der Waals surface area (Å²) < 4.78 is 3.06. The number of hydrogen-bond donors (Lipinski definition) is 0. The quantitative estimate of drug-likeness (QED) is 0.502. The zero-order chi connectivity index (χ0) is 19.4. The van der Waals surface area contributed by atoms with E-state index in [0.717, 1.165) is 32.7 Å². The Bertz CT molecular complexity index is 1140. The van der Waals surface area contributed by atoms with Crippen LogP contribution < -0.4 is 0 Å². The number of halogens is 1. The third-order valence-corrected chi connectivity index (χ3v) is 6.26. The molecule has 28 heavy (non-hydrogen) atoms. The zero-order valence-corrected chi connectivity index (χ0v) is 17.4. The Morgan fingerprint density at radius 3 is 2.64 bits per heavy atom. The van der Waals surface area contributed by atoms with Crippen LogP contribution in [-0.2, 0) is 0 Å². The van der Waals surface area contributed by atoms with E-state index in [1.54, 1.807) is 13.3 Å². The number of carbonyl (C=O) groups excluding carboxylic acids is 1. The van der Waals surface area contributed by atoms with Gasteiger partial charge in [0, 0.05) is 22.5 Å². The first-order valence-corrected chi connectivity index (χ1v) is 10.4. The van der Waals surface area contributed by atoms with Gasteiger partial charge in [-0.1, -0.05) is 40.2 Å². The second-order valence-electron chi connectivity index (χ2n) is 7.59. The second kappa shape index (κ2) is 6.52. The minimum Gasteiger partial charge on any atom is -0.300 e. The standard InChI is InChI=1S/C23H20BrN3O/c1-13-23-21(14(2)28)25-12-27(23)20-10-9-16(15-7-8-15)11-18(20)22(26-13)17-5-3-4-6-19(17)24/h3-6,9-13,15H,7-8H2,1-2H3/t13-/m0/s1. The van der Waals surface area contributed by atoms with Crippen molar-refractivity contribution < 1.29 is 4.79 Å². The van der Waals surface area contributed by atoms with E-state index in [2.05, 4.69) is 45.2 Å². The fraction of sp³-hybridized carbons (Fsp3) is 0.261. The van der Waals surface area contributed by atoms with E-state index in [0.29, 0.717) is 11.6 Å². The van der Waals surface area contributed by atoms with Crippen molar-refractivity contribution in [3.8, 4) is 5.69 Å². The molecule has 0 bridgehead atoms. The number of ketones is 1. The molecule has 2 heterocycles. The van der Waals surface area contributed by atoms with Gasteiger partial charge in [-0.15, -0.1) is 0 Å². The highest BCUT2D eigenvalue weighted by molar-refractivity contribution is 9.10. The topological polar surface area (TPSA) is 47.2 Å². The molecule has 1 aromatic heterocycles. The Morgan fingerprint density at radius 1 is 1.14 bits per heavy atom. The van der Waals surface area contributed by atoms with Gasteiger partial charge in [0.2, 0.25) is 0 Å². The maximum Gasteiger partial charge on any atom is 0.180 e. The minimum absolute atomic E-state index is 0.0312. The lowest BCUT2D eigenvalue weighted by Gasteiger charge is -2.14. The van der Waals surface area contributed by atoms with Gasteiger partial charge in [-0.25, -0.2) is 4.98 Å². The fourth-order valence-corrected chi connectivity index (χ4v) is 4.51. The second-order valence-corrected chi connectivity index (χ2v) is 8.44. The van der Waals surface area contributed by atoms with Crippen LogP contribution >= 0.6 is 15.9 Å².